The quantitative estimate of drug-likeness (QED) is 0.0328. The Hall–Kier alpha value is -10.3. The van der Waals surface area contributed by atoms with E-state index in [0.717, 1.165) is 78.3 Å². The molecule has 145 heavy (non-hydrogen) atoms. The molecule has 25 heteroatoms. The molecular weight excluding hydrogens is 2000 g/mol. The van der Waals surface area contributed by atoms with Gasteiger partial charge in [0, 0.05) is 83.3 Å². The first kappa shape index (κ1) is 107. The molecule has 0 aliphatic carbocycles. The molecule has 0 saturated heterocycles. The van der Waals surface area contributed by atoms with E-state index in [4.69, 9.17) is 77.8 Å². The van der Waals surface area contributed by atoms with Crippen LogP contribution in [0.25, 0.3) is 89.7 Å². The number of rotatable bonds is 48. The van der Waals surface area contributed by atoms with Gasteiger partial charge in [0.2, 0.25) is 0 Å². The van der Waals surface area contributed by atoms with Crippen molar-refractivity contribution < 1.29 is 55.0 Å². The van der Waals surface area contributed by atoms with E-state index in [1.165, 1.54) is 0 Å². The molecule has 2 aliphatic rings. The molecule has 0 spiro atoms. The summed E-state index contributed by atoms with van der Waals surface area (Å²) in [5.41, 5.74) is 3.11. The van der Waals surface area contributed by atoms with Crippen LogP contribution in [0.4, 0.5) is 0 Å². The molecule has 12 aromatic carbocycles. The monoisotopic (exact) mass is 2130 g/mol. The van der Waals surface area contributed by atoms with Gasteiger partial charge in [0.15, 0.2) is 0 Å². The molecule has 5 heterocycles. The predicted octanol–water partition coefficient (Wildman–Crippen LogP) is 34.7. The third kappa shape index (κ3) is 26.9. The number of hydrogen-bond acceptors (Lipinski definition) is 22. The summed E-state index contributed by atoms with van der Waals surface area (Å²) >= 11 is 13.0. The SMILES string of the molecule is CC(C)CCOc1c(Sc2ccccc2)c(Sc2ccccc2)c(OCCC(C)C)c2c1-c1nc-2nc2[n-]c(nc3nc(nc4[n-]c(n1)c1c(OCCC(C)C)c(Sc5ccccc5)c(Sc5ccccc5)c(OCCC(C)C)c41)-c1c(OCCC(C)C)c(Sc4ccccc4)c(Sc4ccccc4)c(OCCC(C)C)c1-3)c1c(OCCC(C)C)c(Sc3ccccc3)c(Sc3ccccc3)c(OCCC(C)C)c21.[Cu+2]. The van der Waals surface area contributed by atoms with Crippen LogP contribution in [0.2, 0.25) is 0 Å². The molecule has 0 saturated carbocycles. The summed E-state index contributed by atoms with van der Waals surface area (Å²) in [5, 5.41) is 2.17. The van der Waals surface area contributed by atoms with E-state index in [1.54, 1.807) is 94.1 Å². The van der Waals surface area contributed by atoms with E-state index in [0.29, 0.717) is 194 Å². The first-order valence-corrected chi connectivity index (χ1v) is 57.1. The van der Waals surface area contributed by atoms with Crippen LogP contribution in [-0.4, -0.2) is 82.8 Å². The van der Waals surface area contributed by atoms with E-state index < -0.39 is 0 Å². The largest absolute Gasteiger partial charge is 2.00 e. The topological polar surface area (TPSA) is 179 Å². The maximum Gasteiger partial charge on any atom is 2.00 e. The van der Waals surface area contributed by atoms with Gasteiger partial charge in [0.05, 0.1) is 138 Å². The summed E-state index contributed by atoms with van der Waals surface area (Å²) in [6, 6.07) is 84.2. The maximum absolute atomic E-state index is 7.83. The van der Waals surface area contributed by atoms with Crippen LogP contribution in [-0.2, 0) is 17.1 Å². The minimum absolute atomic E-state index is 0. The van der Waals surface area contributed by atoms with Gasteiger partial charge in [0.1, 0.15) is 46.0 Å². The van der Waals surface area contributed by atoms with E-state index in [9.17, 15) is 0 Å². The summed E-state index contributed by atoms with van der Waals surface area (Å²) in [6.07, 6.45) is 5.64. The van der Waals surface area contributed by atoms with Crippen LogP contribution in [0, 0.1) is 47.3 Å². The predicted molar refractivity (Wildman–Crippen MR) is 598 cm³/mol. The van der Waals surface area contributed by atoms with Gasteiger partial charge >= 0.3 is 17.1 Å². The van der Waals surface area contributed by atoms with Crippen molar-refractivity contribution in [2.45, 2.75) is 240 Å². The van der Waals surface area contributed by atoms with Crippen LogP contribution in [0.3, 0.4) is 0 Å². The van der Waals surface area contributed by atoms with Gasteiger partial charge in [-0.3, -0.25) is 0 Å². The molecule has 0 fully saturated rings. The molecule has 8 bridgehead atoms. The normalized spacial score (nSPS) is 11.9. The van der Waals surface area contributed by atoms with Crippen LogP contribution in [0.1, 0.15) is 162 Å². The Morgan fingerprint density at radius 3 is 0.455 bits per heavy atom. The molecule has 17 rings (SSSR count). The van der Waals surface area contributed by atoms with Crippen LogP contribution < -0.4 is 47.9 Å². The van der Waals surface area contributed by atoms with Crippen LogP contribution in [0.15, 0.2) is 321 Å². The second kappa shape index (κ2) is 51.6. The number of fused-ring (bicyclic) bond motifs is 20. The molecule has 0 unspecified atom stereocenters. The molecule has 755 valence electrons. The first-order valence-electron chi connectivity index (χ1n) is 50.6. The summed E-state index contributed by atoms with van der Waals surface area (Å²) < 4.78 is 62.6. The summed E-state index contributed by atoms with van der Waals surface area (Å²) in [6.45, 7) is 38.3. The molecule has 1 radical (unpaired) electrons. The molecule has 15 aromatic rings. The van der Waals surface area contributed by atoms with E-state index >= 15 is 0 Å². The number of nitrogens with zero attached hydrogens (tertiary/aromatic N) is 8. The molecule has 16 nitrogen and oxygen atoms in total. The van der Waals surface area contributed by atoms with Gasteiger partial charge in [-0.1, -0.05) is 350 Å². The summed E-state index contributed by atoms with van der Waals surface area (Å²) in [4.78, 5) is 63.8. The molecule has 3 aromatic heterocycles. The van der Waals surface area contributed by atoms with Crippen molar-refractivity contribution in [2.24, 2.45) is 47.3 Å². The fourth-order valence-electron chi connectivity index (χ4n) is 16.1. The Labute approximate surface area is 900 Å². The van der Waals surface area contributed by atoms with Gasteiger partial charge in [-0.15, -0.1) is 0 Å². The van der Waals surface area contributed by atoms with Crippen molar-refractivity contribution in [3.8, 4) is 91.5 Å². The Balaban J connectivity index is 0.0000151. The number of hydrogen-bond donors (Lipinski definition) is 0. The van der Waals surface area contributed by atoms with Crippen molar-refractivity contribution in [2.75, 3.05) is 52.9 Å². The zero-order valence-electron chi connectivity index (χ0n) is 85.4. The zero-order chi connectivity index (χ0) is 100. The van der Waals surface area contributed by atoms with Gasteiger partial charge in [-0.05, 0) is 196 Å². The molecule has 0 atom stereocenters. The van der Waals surface area contributed by atoms with Gasteiger partial charge in [0.25, 0.3) is 0 Å². The zero-order valence-corrected chi connectivity index (χ0v) is 92.9. The first-order chi connectivity index (χ1) is 70.0. The van der Waals surface area contributed by atoms with Gasteiger partial charge in [-0.25, -0.2) is 9.97 Å². The number of ether oxygens (including phenoxy) is 8. The second-order valence-electron chi connectivity index (χ2n) is 39.3. The van der Waals surface area contributed by atoms with Crippen molar-refractivity contribution in [3.05, 3.63) is 243 Å². The van der Waals surface area contributed by atoms with Crippen LogP contribution in [0.5, 0.6) is 46.0 Å². The fraction of sp³-hybridized carbons (Fsp3) is 0.333. The standard InChI is InChI=1S/C120H128N8O8S8.Cu/c1-73(2)57-65-129-97-89-90(98(130-66-58-74(3)4)106(138-82-43-27-18-28-44-82)105(97)137-81-41-25-17-26-42-81)114-121-113(89)125-115-91-92(100(132-68-60-76(7)8)108(140-84-47-31-20-32-48-84)107(99(91)131-67-59-75(5)6)139-83-45-29-19-30-46-83)117(122-115)127-119-95-96(104(136-72-64-80(15)16)112(144-88-55-39-24-40-56-88)111(103(95)135-71-63-79(13)14)143-87-53-37-23-38-54-87)120(124-119)128-118-94-93(116(123-118)126-114)101(133-69-61-77(9)10)109(141-85-49-33-21-34-50-85)110(102(94)134-70-62-78(11)12)142-86-51-35-22-36-52-86;/h17-56,73-80H,57-72H2,1-16H3;/q-2;+2. The average molecular weight is 2130 g/mol. The van der Waals surface area contributed by atoms with Gasteiger partial charge < -0.3 is 67.8 Å². The van der Waals surface area contributed by atoms with Gasteiger partial charge in [-0.2, -0.15) is 0 Å². The molecule has 0 amide bonds. The summed E-state index contributed by atoms with van der Waals surface area (Å²) in [7, 11) is 0. The van der Waals surface area contributed by atoms with Crippen molar-refractivity contribution >= 4 is 138 Å². The van der Waals surface area contributed by atoms with Crippen molar-refractivity contribution in [3.63, 3.8) is 0 Å². The minimum atomic E-state index is 0. The van der Waals surface area contributed by atoms with E-state index in [1.807, 2.05) is 0 Å². The molecule has 2 aliphatic heterocycles. The number of aromatic nitrogens is 8. The number of benzene rings is 12. The molecular formula is C120H128CuN8O8S8. The fourth-order valence-corrected chi connectivity index (χ4v) is 24.9. The second-order valence-corrected chi connectivity index (χ2v) is 48.0. The summed E-state index contributed by atoms with van der Waals surface area (Å²) in [5.74, 6) is 7.17. The Bertz CT molecular complexity index is 6230. The van der Waals surface area contributed by atoms with Crippen LogP contribution >= 0.6 is 94.1 Å². The Morgan fingerprint density at radius 1 is 0.186 bits per heavy atom. The molecule has 0 N–H and O–H groups in total. The van der Waals surface area contributed by atoms with E-state index in [2.05, 4.69) is 353 Å². The third-order valence-electron chi connectivity index (χ3n) is 24.0. The van der Waals surface area contributed by atoms with E-state index in [-0.39, 0.29) is 110 Å². The minimum Gasteiger partial charge on any atom is -0.492 e. The smallest absolute Gasteiger partial charge is 0.492 e. The average Bonchev–Trinajstić information content (AvgIpc) is 1.55. The van der Waals surface area contributed by atoms with Crippen molar-refractivity contribution in [1.82, 2.24) is 39.9 Å². The third-order valence-corrected chi connectivity index (χ3v) is 33.3. The van der Waals surface area contributed by atoms with Crippen molar-refractivity contribution in [1.29, 1.82) is 0 Å². The maximum atomic E-state index is 7.83. The Kier molecular flexibility index (Phi) is 38.2. The Morgan fingerprint density at radius 2 is 0.317 bits per heavy atom.